The van der Waals surface area contributed by atoms with Gasteiger partial charge in [-0.25, -0.2) is 0 Å². The Bertz CT molecular complexity index is 460. The van der Waals surface area contributed by atoms with Crippen molar-refractivity contribution in [1.29, 1.82) is 0 Å². The quantitative estimate of drug-likeness (QED) is 0.885. The van der Waals surface area contributed by atoms with Crippen LogP contribution in [0.4, 0.5) is 5.69 Å². The van der Waals surface area contributed by atoms with Crippen LogP contribution in [-0.2, 0) is 6.42 Å². The molecule has 0 spiro atoms. The second-order valence-corrected chi connectivity index (χ2v) is 9.02. The Hall–Kier alpha value is -0.190. The van der Waals surface area contributed by atoms with Crippen molar-refractivity contribution < 1.29 is 0 Å². The summed E-state index contributed by atoms with van der Waals surface area (Å²) < 4.78 is 1.54. The van der Waals surface area contributed by atoms with E-state index < -0.39 is 0 Å². The van der Waals surface area contributed by atoms with Crippen molar-refractivity contribution in [2.75, 3.05) is 23.7 Å². The summed E-state index contributed by atoms with van der Waals surface area (Å²) in [5.41, 5.74) is 8.73. The molecule has 1 atom stereocenters. The van der Waals surface area contributed by atoms with Crippen LogP contribution in [0.1, 0.15) is 32.8 Å². The van der Waals surface area contributed by atoms with Crippen molar-refractivity contribution in [1.82, 2.24) is 0 Å². The molecule has 1 aliphatic heterocycles. The Balaban J connectivity index is 2.24. The molecule has 1 heterocycles. The summed E-state index contributed by atoms with van der Waals surface area (Å²) in [4.78, 5) is 2.53. The predicted molar refractivity (Wildman–Crippen MR) is 94.9 cm³/mol. The van der Waals surface area contributed by atoms with Crippen LogP contribution in [0.25, 0.3) is 0 Å². The number of thioether (sulfide) groups is 1. The molecule has 0 aromatic heterocycles. The summed E-state index contributed by atoms with van der Waals surface area (Å²) in [6.07, 6.45) is 2.16. The highest BCUT2D eigenvalue weighted by atomic mass is 79.9. The van der Waals surface area contributed by atoms with Gasteiger partial charge in [0.25, 0.3) is 0 Å². The van der Waals surface area contributed by atoms with E-state index in [0.29, 0.717) is 4.75 Å². The minimum absolute atomic E-state index is 0.202. The van der Waals surface area contributed by atoms with Gasteiger partial charge in [-0.15, -0.1) is 0 Å². The van der Waals surface area contributed by atoms with Gasteiger partial charge in [0.2, 0.25) is 0 Å². The maximum absolute atomic E-state index is 6.00. The molecule has 1 aromatic rings. The lowest BCUT2D eigenvalue weighted by atomic mass is 10.0. The highest BCUT2D eigenvalue weighted by Crippen LogP contribution is 2.34. The van der Waals surface area contributed by atoms with Crippen LogP contribution in [0.3, 0.4) is 0 Å². The highest BCUT2D eigenvalue weighted by molar-refractivity contribution is 9.10. The first-order valence-electron chi connectivity index (χ1n) is 7.30. The first-order chi connectivity index (χ1) is 9.37. The molecule has 4 heteroatoms. The van der Waals surface area contributed by atoms with Gasteiger partial charge in [0.1, 0.15) is 0 Å². The van der Waals surface area contributed by atoms with Gasteiger partial charge in [-0.3, -0.25) is 0 Å². The lowest BCUT2D eigenvalue weighted by molar-refractivity contribution is 0.635. The molecular formula is C16H25BrN2S. The zero-order valence-electron chi connectivity index (χ0n) is 12.7. The Morgan fingerprint density at radius 1 is 1.40 bits per heavy atom. The summed E-state index contributed by atoms with van der Waals surface area (Å²) >= 11 is 5.69. The van der Waals surface area contributed by atoms with E-state index in [4.69, 9.17) is 5.73 Å². The van der Waals surface area contributed by atoms with Crippen LogP contribution in [0.15, 0.2) is 22.7 Å². The standard InChI is InChI=1S/C16H25BrN2S/c1-12(18)10-13-4-5-14(17)11-15(13)19-7-6-16(2,3)20-9-8-19/h4-5,11-12H,6-10,18H2,1-3H3. The van der Waals surface area contributed by atoms with E-state index in [1.165, 1.54) is 23.4 Å². The molecule has 112 valence electrons. The Kier molecular flexibility index (Phi) is 5.43. The number of nitrogens with two attached hydrogens (primary N) is 1. The molecule has 1 aromatic carbocycles. The van der Waals surface area contributed by atoms with E-state index in [1.807, 2.05) is 0 Å². The molecule has 0 bridgehead atoms. The molecule has 0 aliphatic carbocycles. The van der Waals surface area contributed by atoms with Crippen molar-refractivity contribution in [3.8, 4) is 0 Å². The molecule has 2 nitrogen and oxygen atoms in total. The van der Waals surface area contributed by atoms with Gasteiger partial charge in [0.15, 0.2) is 0 Å². The number of hydrogen-bond acceptors (Lipinski definition) is 3. The zero-order valence-corrected chi connectivity index (χ0v) is 15.1. The second kappa shape index (κ2) is 6.71. The van der Waals surface area contributed by atoms with Crippen LogP contribution in [0.2, 0.25) is 0 Å². The van der Waals surface area contributed by atoms with E-state index in [1.54, 1.807) is 0 Å². The van der Waals surface area contributed by atoms with Crippen LogP contribution in [0, 0.1) is 0 Å². The topological polar surface area (TPSA) is 29.3 Å². The fourth-order valence-electron chi connectivity index (χ4n) is 2.61. The normalized spacial score (nSPS) is 20.6. The summed E-state index contributed by atoms with van der Waals surface area (Å²) in [5.74, 6) is 1.19. The molecule has 1 unspecified atom stereocenters. The van der Waals surface area contributed by atoms with Crippen LogP contribution < -0.4 is 10.6 Å². The molecule has 2 rings (SSSR count). The molecule has 0 radical (unpaired) electrons. The summed E-state index contributed by atoms with van der Waals surface area (Å²) in [7, 11) is 0. The number of halogens is 1. The average Bonchev–Trinajstić information content (AvgIpc) is 2.52. The average molecular weight is 357 g/mol. The predicted octanol–water partition coefficient (Wildman–Crippen LogP) is 4.06. The lowest BCUT2D eigenvalue weighted by Gasteiger charge is -2.27. The van der Waals surface area contributed by atoms with Gasteiger partial charge < -0.3 is 10.6 Å². The minimum Gasteiger partial charge on any atom is -0.370 e. The van der Waals surface area contributed by atoms with Crippen LogP contribution in [0.5, 0.6) is 0 Å². The summed E-state index contributed by atoms with van der Waals surface area (Å²) in [5, 5.41) is 0. The molecule has 1 aliphatic rings. The molecular weight excluding hydrogens is 332 g/mol. The van der Waals surface area contributed by atoms with Crippen molar-refractivity contribution in [2.45, 2.75) is 44.4 Å². The van der Waals surface area contributed by atoms with Gasteiger partial charge in [-0.2, -0.15) is 11.8 Å². The van der Waals surface area contributed by atoms with Gasteiger partial charge in [-0.05, 0) is 37.5 Å². The number of anilines is 1. The molecule has 1 fully saturated rings. The fraction of sp³-hybridized carbons (Fsp3) is 0.625. The third-order valence-corrected chi connectivity index (χ3v) is 5.63. The van der Waals surface area contributed by atoms with E-state index in [2.05, 4.69) is 71.6 Å². The smallest absolute Gasteiger partial charge is 0.0410 e. The number of rotatable bonds is 3. The van der Waals surface area contributed by atoms with Crippen molar-refractivity contribution in [2.24, 2.45) is 5.73 Å². The minimum atomic E-state index is 0.202. The maximum Gasteiger partial charge on any atom is 0.0410 e. The van der Waals surface area contributed by atoms with Crippen LogP contribution in [-0.4, -0.2) is 29.6 Å². The second-order valence-electron chi connectivity index (χ2n) is 6.30. The highest BCUT2D eigenvalue weighted by Gasteiger charge is 2.24. The first-order valence-corrected chi connectivity index (χ1v) is 9.08. The van der Waals surface area contributed by atoms with Gasteiger partial charge in [0.05, 0.1) is 0 Å². The maximum atomic E-state index is 6.00. The molecule has 1 saturated heterocycles. The number of hydrogen-bond donors (Lipinski definition) is 1. The van der Waals surface area contributed by atoms with Crippen molar-refractivity contribution >= 4 is 33.4 Å². The largest absolute Gasteiger partial charge is 0.370 e. The Labute approximate surface area is 135 Å². The zero-order chi connectivity index (χ0) is 14.8. The van der Waals surface area contributed by atoms with E-state index >= 15 is 0 Å². The third kappa shape index (κ3) is 4.40. The molecule has 0 saturated carbocycles. The summed E-state index contributed by atoms with van der Waals surface area (Å²) in [6.45, 7) is 9.03. The van der Waals surface area contributed by atoms with Gasteiger partial charge >= 0.3 is 0 Å². The van der Waals surface area contributed by atoms with Crippen LogP contribution >= 0.6 is 27.7 Å². The van der Waals surface area contributed by atoms with Crippen molar-refractivity contribution in [3.05, 3.63) is 28.2 Å². The number of nitrogens with zero attached hydrogens (tertiary/aromatic N) is 1. The first kappa shape index (κ1) is 16.2. The number of benzene rings is 1. The van der Waals surface area contributed by atoms with Crippen molar-refractivity contribution in [3.63, 3.8) is 0 Å². The van der Waals surface area contributed by atoms with E-state index in [9.17, 15) is 0 Å². The van der Waals surface area contributed by atoms with E-state index in [0.717, 1.165) is 24.0 Å². The molecule has 20 heavy (non-hydrogen) atoms. The van der Waals surface area contributed by atoms with Gasteiger partial charge in [0, 0.05) is 39.8 Å². The lowest BCUT2D eigenvalue weighted by Crippen LogP contribution is -2.29. The molecule has 0 amide bonds. The van der Waals surface area contributed by atoms with E-state index in [-0.39, 0.29) is 6.04 Å². The Morgan fingerprint density at radius 3 is 2.85 bits per heavy atom. The third-order valence-electron chi connectivity index (χ3n) is 3.77. The monoisotopic (exact) mass is 356 g/mol. The molecule has 2 N–H and O–H groups in total. The fourth-order valence-corrected chi connectivity index (χ4v) is 4.06. The summed E-state index contributed by atoms with van der Waals surface area (Å²) in [6, 6.07) is 6.79. The Morgan fingerprint density at radius 2 is 2.15 bits per heavy atom. The van der Waals surface area contributed by atoms with Gasteiger partial charge in [-0.1, -0.05) is 35.8 Å². The SMILES string of the molecule is CC(N)Cc1ccc(Br)cc1N1CCSC(C)(C)CC1.